The van der Waals surface area contributed by atoms with E-state index in [1.807, 2.05) is 25.7 Å². The Kier molecular flexibility index (Phi) is 6.80. The first-order valence-corrected chi connectivity index (χ1v) is 7.64. The monoisotopic (exact) mass is 270 g/mol. The number of nitrogens with zero attached hydrogens (tertiary/aromatic N) is 1. The van der Waals surface area contributed by atoms with Crippen molar-refractivity contribution in [3.05, 3.63) is 0 Å². The summed E-state index contributed by atoms with van der Waals surface area (Å²) < 4.78 is 0. The van der Waals surface area contributed by atoms with E-state index in [2.05, 4.69) is 0 Å². The van der Waals surface area contributed by atoms with Gasteiger partial charge in [-0.15, -0.1) is 0 Å². The Hall–Kier alpha value is -0.610. The van der Waals surface area contributed by atoms with Crippen LogP contribution >= 0.6 is 0 Å². The van der Waals surface area contributed by atoms with Gasteiger partial charge < -0.3 is 15.7 Å². The summed E-state index contributed by atoms with van der Waals surface area (Å²) in [6, 6.07) is 0.456. The Morgan fingerprint density at radius 3 is 2.58 bits per heavy atom. The molecule has 1 saturated carbocycles. The zero-order valence-corrected chi connectivity index (χ0v) is 12.6. The molecule has 0 spiro atoms. The molecule has 1 fully saturated rings. The number of nitrogens with two attached hydrogens (primary N) is 1. The molecule has 1 aliphatic carbocycles. The first-order valence-electron chi connectivity index (χ1n) is 7.64. The van der Waals surface area contributed by atoms with Gasteiger partial charge in [0.25, 0.3) is 0 Å². The number of rotatable bonds is 6. The number of aliphatic hydroxyl groups excluding tert-OH is 1. The van der Waals surface area contributed by atoms with Crippen LogP contribution in [0, 0.1) is 11.8 Å². The molecule has 0 radical (unpaired) electrons. The van der Waals surface area contributed by atoms with Crippen LogP contribution in [0.5, 0.6) is 0 Å². The molecule has 1 aliphatic rings. The van der Waals surface area contributed by atoms with Crippen molar-refractivity contribution in [2.24, 2.45) is 17.6 Å². The fourth-order valence-electron chi connectivity index (χ4n) is 3.05. The van der Waals surface area contributed by atoms with Gasteiger partial charge in [-0.3, -0.25) is 4.79 Å². The predicted molar refractivity (Wildman–Crippen MR) is 77.6 cm³/mol. The Bertz CT molecular complexity index is 281. The first kappa shape index (κ1) is 16.4. The van der Waals surface area contributed by atoms with Gasteiger partial charge in [0.2, 0.25) is 5.91 Å². The summed E-state index contributed by atoms with van der Waals surface area (Å²) in [5.74, 6) is 0.696. The molecule has 4 heteroatoms. The van der Waals surface area contributed by atoms with Gasteiger partial charge in [0.1, 0.15) is 0 Å². The van der Waals surface area contributed by atoms with Crippen LogP contribution in [0.1, 0.15) is 52.9 Å². The van der Waals surface area contributed by atoms with E-state index in [9.17, 15) is 4.79 Å². The van der Waals surface area contributed by atoms with Crippen molar-refractivity contribution in [2.75, 3.05) is 13.2 Å². The van der Waals surface area contributed by atoms with E-state index in [0.717, 1.165) is 25.7 Å². The van der Waals surface area contributed by atoms with E-state index >= 15 is 0 Å². The average molecular weight is 270 g/mol. The summed E-state index contributed by atoms with van der Waals surface area (Å²) in [6.45, 7) is 6.90. The molecule has 4 nitrogen and oxygen atoms in total. The van der Waals surface area contributed by atoms with Gasteiger partial charge in [0.05, 0.1) is 0 Å². The molecule has 0 saturated heterocycles. The largest absolute Gasteiger partial charge is 0.396 e. The third-order valence-corrected chi connectivity index (χ3v) is 4.32. The molecule has 0 aliphatic heterocycles. The van der Waals surface area contributed by atoms with E-state index in [1.165, 1.54) is 0 Å². The minimum Gasteiger partial charge on any atom is -0.396 e. The molecule has 3 N–H and O–H groups in total. The second kappa shape index (κ2) is 7.85. The van der Waals surface area contributed by atoms with Crippen molar-refractivity contribution in [3.63, 3.8) is 0 Å². The molecule has 0 aromatic carbocycles. The normalized spacial score (nSPS) is 25.4. The maximum absolute atomic E-state index is 12.6. The van der Waals surface area contributed by atoms with Crippen LogP contribution in [0.3, 0.4) is 0 Å². The molecule has 3 unspecified atom stereocenters. The molecule has 3 atom stereocenters. The topological polar surface area (TPSA) is 66.6 Å². The second-order valence-corrected chi connectivity index (χ2v) is 6.18. The van der Waals surface area contributed by atoms with Gasteiger partial charge in [-0.1, -0.05) is 13.3 Å². The van der Waals surface area contributed by atoms with Gasteiger partial charge in [-0.2, -0.15) is 0 Å². The number of carbonyl (C=O) groups excluding carboxylic acids is 1. The zero-order chi connectivity index (χ0) is 14.4. The van der Waals surface area contributed by atoms with E-state index in [4.69, 9.17) is 10.8 Å². The summed E-state index contributed by atoms with van der Waals surface area (Å²) in [6.07, 6.45) is 4.98. The lowest BCUT2D eigenvalue weighted by Crippen LogP contribution is -2.44. The van der Waals surface area contributed by atoms with Gasteiger partial charge >= 0.3 is 0 Å². The van der Waals surface area contributed by atoms with Gasteiger partial charge in [-0.05, 0) is 45.4 Å². The van der Waals surface area contributed by atoms with Crippen molar-refractivity contribution >= 4 is 5.91 Å². The van der Waals surface area contributed by atoms with Crippen LogP contribution in [0.25, 0.3) is 0 Å². The van der Waals surface area contributed by atoms with E-state index in [1.54, 1.807) is 0 Å². The molecule has 1 rings (SSSR count). The van der Waals surface area contributed by atoms with Crippen molar-refractivity contribution in [1.82, 2.24) is 4.90 Å². The molecule has 0 bridgehead atoms. The average Bonchev–Trinajstić information content (AvgIpc) is 2.37. The Morgan fingerprint density at radius 1 is 1.37 bits per heavy atom. The van der Waals surface area contributed by atoms with E-state index in [0.29, 0.717) is 18.9 Å². The molecular formula is C15H30N2O2. The number of hydrogen-bond donors (Lipinski definition) is 2. The summed E-state index contributed by atoms with van der Waals surface area (Å²) in [4.78, 5) is 14.5. The molecule has 19 heavy (non-hydrogen) atoms. The van der Waals surface area contributed by atoms with Crippen LogP contribution in [-0.4, -0.2) is 41.1 Å². The van der Waals surface area contributed by atoms with Crippen molar-refractivity contribution in [3.8, 4) is 0 Å². The minimum absolute atomic E-state index is 0.0486. The Labute approximate surface area is 117 Å². The number of carbonyl (C=O) groups is 1. The van der Waals surface area contributed by atoms with Crippen molar-refractivity contribution in [1.29, 1.82) is 0 Å². The van der Waals surface area contributed by atoms with E-state index in [-0.39, 0.29) is 30.5 Å². The quantitative estimate of drug-likeness (QED) is 0.773. The van der Waals surface area contributed by atoms with Gasteiger partial charge in [0, 0.05) is 31.2 Å². The lowest BCUT2D eigenvalue weighted by Gasteiger charge is -2.35. The number of aliphatic hydroxyl groups is 1. The lowest BCUT2D eigenvalue weighted by molar-refractivity contribution is -0.139. The summed E-state index contributed by atoms with van der Waals surface area (Å²) >= 11 is 0. The third kappa shape index (κ3) is 4.77. The smallest absolute Gasteiger partial charge is 0.225 e. The maximum atomic E-state index is 12.6. The highest BCUT2D eigenvalue weighted by Crippen LogP contribution is 2.30. The molecule has 1 amide bonds. The van der Waals surface area contributed by atoms with E-state index < -0.39 is 0 Å². The number of amides is 1. The van der Waals surface area contributed by atoms with Gasteiger partial charge in [-0.25, -0.2) is 0 Å². The highest BCUT2D eigenvalue weighted by Gasteiger charge is 2.31. The summed E-state index contributed by atoms with van der Waals surface area (Å²) in [7, 11) is 0. The molecule has 0 aromatic heterocycles. The van der Waals surface area contributed by atoms with Crippen LogP contribution in [0.2, 0.25) is 0 Å². The second-order valence-electron chi connectivity index (χ2n) is 6.18. The molecule has 112 valence electrons. The Morgan fingerprint density at radius 2 is 2.05 bits per heavy atom. The Balaban J connectivity index is 2.61. The predicted octanol–water partition coefficient (Wildman–Crippen LogP) is 1.76. The highest BCUT2D eigenvalue weighted by molar-refractivity contribution is 5.79. The fourth-order valence-corrected chi connectivity index (χ4v) is 3.05. The highest BCUT2D eigenvalue weighted by atomic mass is 16.3. The third-order valence-electron chi connectivity index (χ3n) is 4.32. The maximum Gasteiger partial charge on any atom is 0.225 e. The number of hydrogen-bond acceptors (Lipinski definition) is 3. The fraction of sp³-hybridized carbons (Fsp3) is 0.933. The van der Waals surface area contributed by atoms with Crippen LogP contribution in [-0.2, 0) is 4.79 Å². The van der Waals surface area contributed by atoms with Crippen molar-refractivity contribution in [2.45, 2.75) is 65.0 Å². The molecular weight excluding hydrogens is 240 g/mol. The van der Waals surface area contributed by atoms with Crippen LogP contribution in [0.15, 0.2) is 0 Å². The minimum atomic E-state index is 0.0486. The molecule has 0 aromatic rings. The lowest BCUT2D eigenvalue weighted by atomic mass is 9.78. The van der Waals surface area contributed by atoms with Crippen molar-refractivity contribution < 1.29 is 9.90 Å². The molecule has 0 heterocycles. The zero-order valence-electron chi connectivity index (χ0n) is 12.6. The van der Waals surface area contributed by atoms with Gasteiger partial charge in [0.15, 0.2) is 0 Å². The summed E-state index contributed by atoms with van der Waals surface area (Å²) in [5.41, 5.74) is 6.02. The SMILES string of the molecule is CC(C(=O)N(CCCO)C(C)C)C1CCCC(N)C1. The summed E-state index contributed by atoms with van der Waals surface area (Å²) in [5, 5.41) is 8.95. The first-order chi connectivity index (χ1) is 8.97. The van der Waals surface area contributed by atoms with Crippen LogP contribution < -0.4 is 5.73 Å². The standard InChI is InChI=1S/C15H30N2O2/c1-11(2)17(8-5-9-18)15(19)12(3)13-6-4-7-14(16)10-13/h11-14,18H,4-10,16H2,1-3H3. The van der Waals surface area contributed by atoms with Crippen LogP contribution in [0.4, 0.5) is 0 Å².